The van der Waals surface area contributed by atoms with Gasteiger partial charge in [0.25, 0.3) is 0 Å². The van der Waals surface area contributed by atoms with Gasteiger partial charge in [-0.05, 0) is 58.8 Å². The Morgan fingerprint density at radius 2 is 1.97 bits per heavy atom. The Hall–Kier alpha value is -2.19. The second-order valence-corrected chi connectivity index (χ2v) is 9.18. The maximum Gasteiger partial charge on any atom is 0.230 e. The number of thiophene rings is 2. The number of nitrogens with one attached hydrogen (secondary N) is 1. The van der Waals surface area contributed by atoms with Gasteiger partial charge in [0.05, 0.1) is 19.1 Å². The van der Waals surface area contributed by atoms with Crippen molar-refractivity contribution in [3.05, 3.63) is 74.6 Å². The third-order valence-electron chi connectivity index (χ3n) is 5.86. The normalized spacial score (nSPS) is 17.8. The maximum absolute atomic E-state index is 13.6. The molecule has 2 N–H and O–H groups in total. The molecule has 158 valence electrons. The van der Waals surface area contributed by atoms with Crippen molar-refractivity contribution in [2.75, 3.05) is 26.9 Å². The minimum Gasteiger partial charge on any atom is -0.497 e. The smallest absolute Gasteiger partial charge is 0.230 e. The van der Waals surface area contributed by atoms with Crippen molar-refractivity contribution in [2.24, 2.45) is 0 Å². The molecule has 0 radical (unpaired) electrons. The lowest BCUT2D eigenvalue weighted by molar-refractivity contribution is -0.131. The van der Waals surface area contributed by atoms with E-state index in [1.807, 2.05) is 58.6 Å². The van der Waals surface area contributed by atoms with E-state index in [1.54, 1.807) is 7.11 Å². The molecule has 1 saturated heterocycles. The summed E-state index contributed by atoms with van der Waals surface area (Å²) in [5.74, 6) is 0.673. The molecule has 3 heterocycles. The summed E-state index contributed by atoms with van der Waals surface area (Å²) in [6.07, 6.45) is 1.20. The zero-order valence-electron chi connectivity index (χ0n) is 16.8. The molecule has 1 unspecified atom stereocenters. The number of ether oxygens (including phenoxy) is 2. The Bertz CT molecular complexity index is 912. The predicted octanol–water partition coefficient (Wildman–Crippen LogP) is 3.92. The first-order valence-electron chi connectivity index (χ1n) is 9.88. The number of hydrogen-bond acceptors (Lipinski definition) is 6. The van der Waals surface area contributed by atoms with E-state index in [0.717, 1.165) is 21.8 Å². The van der Waals surface area contributed by atoms with E-state index < -0.39 is 11.0 Å². The van der Waals surface area contributed by atoms with E-state index in [2.05, 4.69) is 5.32 Å². The second-order valence-electron chi connectivity index (χ2n) is 7.46. The van der Waals surface area contributed by atoms with Crippen molar-refractivity contribution in [3.8, 4) is 5.75 Å². The summed E-state index contributed by atoms with van der Waals surface area (Å²) in [6, 6.07) is 13.4. The zero-order valence-corrected chi connectivity index (χ0v) is 18.4. The molecule has 0 aliphatic carbocycles. The van der Waals surface area contributed by atoms with Crippen LogP contribution in [0.4, 0.5) is 0 Å². The first-order valence-corrected chi connectivity index (χ1v) is 11.7. The van der Waals surface area contributed by atoms with E-state index in [9.17, 15) is 9.90 Å². The van der Waals surface area contributed by atoms with Crippen LogP contribution in [0, 0.1) is 0 Å². The number of carbonyl (C=O) groups is 1. The summed E-state index contributed by atoms with van der Waals surface area (Å²) in [7, 11) is 1.63. The zero-order chi connectivity index (χ0) is 21.0. The number of aliphatic hydroxyl groups is 1. The molecular weight excluding hydrogens is 418 g/mol. The van der Waals surface area contributed by atoms with Crippen LogP contribution in [0.3, 0.4) is 0 Å². The van der Waals surface area contributed by atoms with Crippen molar-refractivity contribution in [1.29, 1.82) is 0 Å². The number of benzene rings is 1. The molecule has 0 spiro atoms. The standard InChI is InChI=1S/C23H25NO4S2/c1-27-19-6-4-17(5-7-19)22(9-11-28-12-10-22)21(25)24-16-23(26,18-8-14-29-15-18)20-3-2-13-30-20/h2-8,13-15,26H,9-12,16H2,1H3,(H,24,25). The highest BCUT2D eigenvalue weighted by atomic mass is 32.1. The van der Waals surface area contributed by atoms with Crippen LogP contribution in [-0.4, -0.2) is 37.9 Å². The predicted molar refractivity (Wildman–Crippen MR) is 119 cm³/mol. The lowest BCUT2D eigenvalue weighted by Crippen LogP contribution is -2.51. The van der Waals surface area contributed by atoms with Gasteiger partial charge in [0.15, 0.2) is 0 Å². The van der Waals surface area contributed by atoms with E-state index in [0.29, 0.717) is 26.1 Å². The molecule has 2 aromatic heterocycles. The van der Waals surface area contributed by atoms with Crippen LogP contribution in [0.5, 0.6) is 5.75 Å². The molecular formula is C23H25NO4S2. The fraction of sp³-hybridized carbons (Fsp3) is 0.348. The maximum atomic E-state index is 13.6. The summed E-state index contributed by atoms with van der Waals surface area (Å²) in [6.45, 7) is 1.17. The molecule has 1 amide bonds. The fourth-order valence-corrected chi connectivity index (χ4v) is 5.57. The first-order chi connectivity index (χ1) is 14.6. The molecule has 1 atom stereocenters. The van der Waals surface area contributed by atoms with Crippen LogP contribution in [0.2, 0.25) is 0 Å². The van der Waals surface area contributed by atoms with Gasteiger partial charge in [0.2, 0.25) is 5.91 Å². The lowest BCUT2D eigenvalue weighted by atomic mass is 9.73. The number of carbonyl (C=O) groups excluding carboxylic acids is 1. The highest BCUT2D eigenvalue weighted by Gasteiger charge is 2.43. The highest BCUT2D eigenvalue weighted by molar-refractivity contribution is 7.10. The second kappa shape index (κ2) is 8.89. The molecule has 5 nitrogen and oxygen atoms in total. The Morgan fingerprint density at radius 3 is 2.57 bits per heavy atom. The van der Waals surface area contributed by atoms with Crippen LogP contribution in [-0.2, 0) is 20.5 Å². The molecule has 7 heteroatoms. The summed E-state index contributed by atoms with van der Waals surface area (Å²) in [4.78, 5) is 14.4. The lowest BCUT2D eigenvalue weighted by Gasteiger charge is -2.37. The van der Waals surface area contributed by atoms with Gasteiger partial charge in [-0.2, -0.15) is 11.3 Å². The Kier molecular flexibility index (Phi) is 6.24. The summed E-state index contributed by atoms with van der Waals surface area (Å²) in [5.41, 5.74) is -0.203. The van der Waals surface area contributed by atoms with Gasteiger partial charge in [-0.15, -0.1) is 11.3 Å². The number of rotatable bonds is 7. The molecule has 30 heavy (non-hydrogen) atoms. The Balaban J connectivity index is 1.60. The van der Waals surface area contributed by atoms with E-state index in [4.69, 9.17) is 9.47 Å². The summed E-state index contributed by atoms with van der Waals surface area (Å²) < 4.78 is 10.8. The fourth-order valence-electron chi connectivity index (χ4n) is 4.00. The third-order valence-corrected chi connectivity index (χ3v) is 7.56. The SMILES string of the molecule is COc1ccc(C2(C(=O)NCC(O)(c3ccsc3)c3cccs3)CCOCC2)cc1. The van der Waals surface area contributed by atoms with Gasteiger partial charge in [-0.25, -0.2) is 0 Å². The molecule has 0 saturated carbocycles. The van der Waals surface area contributed by atoms with Crippen LogP contribution < -0.4 is 10.1 Å². The van der Waals surface area contributed by atoms with Gasteiger partial charge in [-0.3, -0.25) is 4.79 Å². The van der Waals surface area contributed by atoms with Gasteiger partial charge in [0.1, 0.15) is 11.4 Å². The highest BCUT2D eigenvalue weighted by Crippen LogP contribution is 2.37. The van der Waals surface area contributed by atoms with Crippen LogP contribution in [0.1, 0.15) is 28.8 Å². The molecule has 1 aliphatic heterocycles. The number of methoxy groups -OCH3 is 1. The topological polar surface area (TPSA) is 67.8 Å². The third kappa shape index (κ3) is 3.90. The number of amides is 1. The molecule has 0 bridgehead atoms. The molecule has 1 fully saturated rings. The molecule has 1 aliphatic rings. The van der Waals surface area contributed by atoms with Crippen molar-refractivity contribution >= 4 is 28.6 Å². The Labute approximate surface area is 184 Å². The monoisotopic (exact) mass is 443 g/mol. The number of hydrogen-bond donors (Lipinski definition) is 2. The quantitative estimate of drug-likeness (QED) is 0.581. The Morgan fingerprint density at radius 1 is 1.20 bits per heavy atom. The first kappa shape index (κ1) is 21.1. The largest absolute Gasteiger partial charge is 0.497 e. The van der Waals surface area contributed by atoms with Crippen molar-refractivity contribution < 1.29 is 19.4 Å². The van der Waals surface area contributed by atoms with E-state index in [-0.39, 0.29) is 12.5 Å². The average Bonchev–Trinajstić information content (AvgIpc) is 3.53. The van der Waals surface area contributed by atoms with Crippen LogP contribution >= 0.6 is 22.7 Å². The molecule has 4 rings (SSSR count). The van der Waals surface area contributed by atoms with Crippen molar-refractivity contribution in [2.45, 2.75) is 23.9 Å². The van der Waals surface area contributed by atoms with Crippen LogP contribution in [0.15, 0.2) is 58.6 Å². The van der Waals surface area contributed by atoms with Gasteiger partial charge < -0.3 is 19.9 Å². The average molecular weight is 444 g/mol. The van der Waals surface area contributed by atoms with Crippen molar-refractivity contribution in [1.82, 2.24) is 5.32 Å². The molecule has 1 aromatic carbocycles. The summed E-state index contributed by atoms with van der Waals surface area (Å²) in [5, 5.41) is 20.4. The van der Waals surface area contributed by atoms with Gasteiger partial charge in [-0.1, -0.05) is 18.2 Å². The minimum absolute atomic E-state index is 0.0822. The van der Waals surface area contributed by atoms with Gasteiger partial charge in [0, 0.05) is 23.7 Å². The summed E-state index contributed by atoms with van der Waals surface area (Å²) >= 11 is 3.01. The molecule has 3 aromatic rings. The van der Waals surface area contributed by atoms with E-state index >= 15 is 0 Å². The minimum atomic E-state index is -1.25. The van der Waals surface area contributed by atoms with Gasteiger partial charge >= 0.3 is 0 Å². The van der Waals surface area contributed by atoms with Crippen molar-refractivity contribution in [3.63, 3.8) is 0 Å². The van der Waals surface area contributed by atoms with Crippen LogP contribution in [0.25, 0.3) is 0 Å². The van der Waals surface area contributed by atoms with E-state index in [1.165, 1.54) is 22.7 Å².